The normalized spacial score (nSPS) is 21.7. The van der Waals surface area contributed by atoms with Gasteiger partial charge >= 0.3 is 6.18 Å². The number of hydrogen-bond donors (Lipinski definition) is 0. The van der Waals surface area contributed by atoms with Crippen LogP contribution >= 0.6 is 0 Å². The molecule has 0 bridgehead atoms. The molecule has 1 saturated heterocycles. The van der Waals surface area contributed by atoms with Crippen molar-refractivity contribution in [1.29, 1.82) is 0 Å². The monoisotopic (exact) mass is 397 g/mol. The van der Waals surface area contributed by atoms with Crippen LogP contribution in [0.2, 0.25) is 0 Å². The van der Waals surface area contributed by atoms with Crippen LogP contribution in [0, 0.1) is 5.92 Å². The largest absolute Gasteiger partial charge is 0.417 e. The Morgan fingerprint density at radius 3 is 2.26 bits per heavy atom. The summed E-state index contributed by atoms with van der Waals surface area (Å²) in [5, 5.41) is 0. The Bertz CT molecular complexity index is 913. The third kappa shape index (κ3) is 3.91. The molecule has 1 aliphatic rings. The zero-order valence-corrected chi connectivity index (χ0v) is 15.1. The van der Waals surface area contributed by atoms with E-state index in [9.17, 15) is 26.4 Å². The van der Waals surface area contributed by atoms with Crippen LogP contribution in [0.5, 0.6) is 0 Å². The second-order valence-corrected chi connectivity index (χ2v) is 8.37. The number of carbonyl (C=O) groups excluding carboxylic acids is 1. The second-order valence-electron chi connectivity index (χ2n) is 6.46. The topological polar surface area (TPSA) is 54.5 Å². The summed E-state index contributed by atoms with van der Waals surface area (Å²) in [5.74, 6) is -0.776. The fraction of sp³-hybridized carbons (Fsp3) is 0.316. The highest BCUT2D eigenvalue weighted by Crippen LogP contribution is 2.38. The van der Waals surface area contributed by atoms with Gasteiger partial charge in [-0.25, -0.2) is 8.42 Å². The van der Waals surface area contributed by atoms with Crippen molar-refractivity contribution in [3.63, 3.8) is 0 Å². The molecule has 144 valence electrons. The molecule has 2 atom stereocenters. The molecule has 0 unspecified atom stereocenters. The van der Waals surface area contributed by atoms with Crippen LogP contribution in [0.3, 0.4) is 0 Å². The van der Waals surface area contributed by atoms with Crippen molar-refractivity contribution in [2.75, 3.05) is 13.1 Å². The number of rotatable bonds is 4. The number of piperidine rings is 1. The summed E-state index contributed by atoms with van der Waals surface area (Å²) in [6, 6.07) is 13.4. The lowest BCUT2D eigenvalue weighted by Crippen LogP contribution is -2.44. The molecule has 0 aromatic heterocycles. The molecule has 8 heteroatoms. The number of aldehydes is 1. The fourth-order valence-corrected chi connectivity index (χ4v) is 5.19. The molecule has 1 fully saturated rings. The minimum absolute atomic E-state index is 0.0540. The molecule has 1 heterocycles. The number of alkyl halides is 3. The molecule has 2 aromatic rings. The van der Waals surface area contributed by atoms with Gasteiger partial charge in [-0.05, 0) is 30.0 Å². The molecule has 0 aliphatic carbocycles. The average Bonchev–Trinajstić information content (AvgIpc) is 2.67. The average molecular weight is 397 g/mol. The van der Waals surface area contributed by atoms with Crippen molar-refractivity contribution >= 4 is 16.3 Å². The second kappa shape index (κ2) is 7.44. The van der Waals surface area contributed by atoms with Crippen molar-refractivity contribution in [3.8, 4) is 0 Å². The van der Waals surface area contributed by atoms with E-state index in [1.54, 1.807) is 0 Å². The van der Waals surface area contributed by atoms with E-state index in [-0.39, 0.29) is 19.0 Å². The Morgan fingerprint density at radius 1 is 1.00 bits per heavy atom. The first-order chi connectivity index (χ1) is 12.7. The first kappa shape index (κ1) is 19.6. The molecule has 0 saturated carbocycles. The fourth-order valence-electron chi connectivity index (χ4n) is 3.49. The molecule has 0 N–H and O–H groups in total. The predicted octanol–water partition coefficient (Wildman–Crippen LogP) is 3.70. The molecule has 0 spiro atoms. The molecule has 4 nitrogen and oxygen atoms in total. The van der Waals surface area contributed by atoms with E-state index in [1.807, 2.05) is 30.3 Å². The molecule has 0 amide bonds. The Labute approximate surface area is 155 Å². The molecule has 2 aromatic carbocycles. The maximum atomic E-state index is 13.2. The van der Waals surface area contributed by atoms with Gasteiger partial charge in [0, 0.05) is 19.0 Å². The van der Waals surface area contributed by atoms with Crippen LogP contribution < -0.4 is 0 Å². The Hall–Kier alpha value is -2.19. The zero-order chi connectivity index (χ0) is 19.7. The molecule has 1 aliphatic heterocycles. The number of sulfonamides is 1. The highest BCUT2D eigenvalue weighted by atomic mass is 32.2. The first-order valence-electron chi connectivity index (χ1n) is 8.42. The molecule has 0 radical (unpaired) electrons. The predicted molar refractivity (Wildman–Crippen MR) is 93.6 cm³/mol. The van der Waals surface area contributed by atoms with Crippen LogP contribution in [0.1, 0.15) is 23.5 Å². The molecule has 3 rings (SSSR count). The standard InChI is InChI=1S/C19H18F3NO3S/c20-19(21,22)17-8-4-5-9-18(17)27(25,26)23-11-10-16(15(12-23)13-24)14-6-2-1-3-7-14/h1-9,13,15-16H,10-12H2/t15-,16-/m0/s1. The Balaban J connectivity index is 1.91. The first-order valence-corrected chi connectivity index (χ1v) is 9.86. The number of hydrogen-bond acceptors (Lipinski definition) is 3. The lowest BCUT2D eigenvalue weighted by molar-refractivity contribution is -0.140. The smallest absolute Gasteiger partial charge is 0.303 e. The highest BCUT2D eigenvalue weighted by Gasteiger charge is 2.41. The SMILES string of the molecule is O=C[C@@H]1CN(S(=O)(=O)c2ccccc2C(F)(F)F)CC[C@H]1c1ccccc1. The maximum Gasteiger partial charge on any atom is 0.417 e. The zero-order valence-electron chi connectivity index (χ0n) is 14.3. The van der Waals surface area contributed by atoms with Crippen LogP contribution in [0.25, 0.3) is 0 Å². The van der Waals surface area contributed by atoms with Gasteiger partial charge in [-0.2, -0.15) is 17.5 Å². The van der Waals surface area contributed by atoms with E-state index < -0.39 is 32.6 Å². The van der Waals surface area contributed by atoms with E-state index >= 15 is 0 Å². The maximum absolute atomic E-state index is 13.2. The van der Waals surface area contributed by atoms with Gasteiger partial charge in [0.05, 0.1) is 10.5 Å². The van der Waals surface area contributed by atoms with E-state index in [2.05, 4.69) is 0 Å². The van der Waals surface area contributed by atoms with Crippen molar-refractivity contribution in [3.05, 3.63) is 65.7 Å². The molecule has 27 heavy (non-hydrogen) atoms. The van der Waals surface area contributed by atoms with Gasteiger partial charge in [-0.1, -0.05) is 42.5 Å². The lowest BCUT2D eigenvalue weighted by atomic mass is 9.82. The van der Waals surface area contributed by atoms with E-state index in [0.29, 0.717) is 12.7 Å². The summed E-state index contributed by atoms with van der Waals surface area (Å²) in [6.45, 7) is -0.0873. The van der Waals surface area contributed by atoms with Gasteiger partial charge in [0.2, 0.25) is 10.0 Å². The summed E-state index contributed by atoms with van der Waals surface area (Å²) < 4.78 is 66.4. The third-order valence-corrected chi connectivity index (χ3v) is 6.76. The lowest BCUT2D eigenvalue weighted by Gasteiger charge is -2.36. The minimum atomic E-state index is -4.78. The Morgan fingerprint density at radius 2 is 1.63 bits per heavy atom. The van der Waals surface area contributed by atoms with Gasteiger partial charge in [-0.15, -0.1) is 0 Å². The number of nitrogens with zero attached hydrogens (tertiary/aromatic N) is 1. The van der Waals surface area contributed by atoms with E-state index in [1.165, 1.54) is 6.07 Å². The van der Waals surface area contributed by atoms with Crippen LogP contribution in [0.15, 0.2) is 59.5 Å². The van der Waals surface area contributed by atoms with Crippen LogP contribution in [-0.4, -0.2) is 32.1 Å². The Kier molecular flexibility index (Phi) is 5.39. The number of benzene rings is 2. The van der Waals surface area contributed by atoms with Gasteiger partial charge in [0.25, 0.3) is 0 Å². The summed E-state index contributed by atoms with van der Waals surface area (Å²) >= 11 is 0. The summed E-state index contributed by atoms with van der Waals surface area (Å²) in [5.41, 5.74) is -0.278. The van der Waals surface area contributed by atoms with Gasteiger partial charge in [0.15, 0.2) is 0 Å². The summed E-state index contributed by atoms with van der Waals surface area (Å²) in [7, 11) is -4.37. The number of halogens is 3. The highest BCUT2D eigenvalue weighted by molar-refractivity contribution is 7.89. The molecular weight excluding hydrogens is 379 g/mol. The van der Waals surface area contributed by atoms with Crippen molar-refractivity contribution in [2.45, 2.75) is 23.4 Å². The quantitative estimate of drug-likeness (QED) is 0.740. The summed E-state index contributed by atoms with van der Waals surface area (Å²) in [6.07, 6.45) is -3.73. The van der Waals surface area contributed by atoms with Crippen molar-refractivity contribution in [1.82, 2.24) is 4.31 Å². The third-order valence-electron chi connectivity index (χ3n) is 4.83. The van der Waals surface area contributed by atoms with Crippen molar-refractivity contribution in [2.24, 2.45) is 5.92 Å². The van der Waals surface area contributed by atoms with Gasteiger partial charge < -0.3 is 4.79 Å². The van der Waals surface area contributed by atoms with Crippen LogP contribution in [-0.2, 0) is 21.0 Å². The minimum Gasteiger partial charge on any atom is -0.303 e. The van der Waals surface area contributed by atoms with Gasteiger partial charge in [-0.3, -0.25) is 0 Å². The van der Waals surface area contributed by atoms with Crippen molar-refractivity contribution < 1.29 is 26.4 Å². The number of carbonyl (C=O) groups is 1. The molecular formula is C19H18F3NO3S. The van der Waals surface area contributed by atoms with Gasteiger partial charge in [0.1, 0.15) is 6.29 Å². The summed E-state index contributed by atoms with van der Waals surface area (Å²) in [4.78, 5) is 10.8. The van der Waals surface area contributed by atoms with E-state index in [0.717, 1.165) is 28.1 Å². The van der Waals surface area contributed by atoms with Crippen LogP contribution in [0.4, 0.5) is 13.2 Å². The van der Waals surface area contributed by atoms with E-state index in [4.69, 9.17) is 0 Å².